The van der Waals surface area contributed by atoms with Crippen molar-refractivity contribution in [2.45, 2.75) is 39.4 Å². The molecule has 3 rings (SSSR count). The zero-order valence-corrected chi connectivity index (χ0v) is 18.5. The van der Waals surface area contributed by atoms with Crippen molar-refractivity contribution in [3.63, 3.8) is 0 Å². The molecule has 3 aromatic rings. The number of hydrogen-bond donors (Lipinski definition) is 2. The van der Waals surface area contributed by atoms with Gasteiger partial charge in [0, 0.05) is 25.1 Å². The number of ether oxygens (including phenoxy) is 2. The van der Waals surface area contributed by atoms with Gasteiger partial charge < -0.3 is 29.1 Å². The van der Waals surface area contributed by atoms with Crippen molar-refractivity contribution in [1.29, 1.82) is 0 Å². The number of furan rings is 1. The zero-order chi connectivity index (χ0) is 22.1. The van der Waals surface area contributed by atoms with Gasteiger partial charge in [0.05, 0.1) is 26.5 Å². The van der Waals surface area contributed by atoms with Crippen LogP contribution in [0.4, 0.5) is 0 Å². The first-order valence-electron chi connectivity index (χ1n) is 10.3. The summed E-state index contributed by atoms with van der Waals surface area (Å²) in [5.74, 6) is 3.97. The van der Waals surface area contributed by atoms with Crippen LogP contribution in [0, 0.1) is 0 Å². The number of benzene rings is 1. The maximum absolute atomic E-state index is 5.53. The number of aryl methyl sites for hydroxylation is 1. The number of hydrogen-bond acceptors (Lipinski definition) is 6. The van der Waals surface area contributed by atoms with Gasteiger partial charge in [0.15, 0.2) is 5.96 Å². The van der Waals surface area contributed by atoms with Crippen LogP contribution in [0.5, 0.6) is 11.5 Å². The lowest BCUT2D eigenvalue weighted by atomic mass is 10.1. The highest BCUT2D eigenvalue weighted by Crippen LogP contribution is 2.29. The fourth-order valence-electron chi connectivity index (χ4n) is 3.21. The van der Waals surface area contributed by atoms with Gasteiger partial charge in [-0.15, -0.1) is 10.2 Å². The number of aromatic nitrogens is 3. The molecule has 0 amide bonds. The standard InChI is InChI=1S/C22H30N6O3/c1-5-21-27-25-15-28(21)11-10-23-22(24-14-18-7-6-12-31-18)26-16(2)19-13-17(29-3)8-9-20(19)30-4/h6-9,12-13,15-16H,5,10-11,14H2,1-4H3,(H2,23,24,26). The number of guanidine groups is 1. The summed E-state index contributed by atoms with van der Waals surface area (Å²) in [6.45, 7) is 5.94. The molecular formula is C22H30N6O3. The second kappa shape index (κ2) is 11.1. The summed E-state index contributed by atoms with van der Waals surface area (Å²) < 4.78 is 18.4. The van der Waals surface area contributed by atoms with Crippen molar-refractivity contribution in [3.05, 3.63) is 60.1 Å². The quantitative estimate of drug-likeness (QED) is 0.380. The van der Waals surface area contributed by atoms with Gasteiger partial charge in [-0.2, -0.15) is 0 Å². The van der Waals surface area contributed by atoms with Gasteiger partial charge in [-0.3, -0.25) is 0 Å². The number of nitrogens with one attached hydrogen (secondary N) is 2. The molecule has 9 heteroatoms. The van der Waals surface area contributed by atoms with Crippen LogP contribution in [0.25, 0.3) is 0 Å². The second-order valence-electron chi connectivity index (χ2n) is 6.94. The summed E-state index contributed by atoms with van der Waals surface area (Å²) >= 11 is 0. The van der Waals surface area contributed by atoms with E-state index in [0.29, 0.717) is 19.0 Å². The van der Waals surface area contributed by atoms with E-state index in [2.05, 4.69) is 39.7 Å². The largest absolute Gasteiger partial charge is 0.497 e. The molecule has 0 radical (unpaired) electrons. The van der Waals surface area contributed by atoms with Crippen LogP contribution in [0.3, 0.4) is 0 Å². The van der Waals surface area contributed by atoms with Crippen molar-refractivity contribution in [1.82, 2.24) is 25.4 Å². The Morgan fingerprint density at radius 1 is 1.26 bits per heavy atom. The molecule has 0 aliphatic rings. The molecule has 0 bridgehead atoms. The van der Waals surface area contributed by atoms with Gasteiger partial charge in [0.2, 0.25) is 0 Å². The third kappa shape index (κ3) is 6.00. The van der Waals surface area contributed by atoms with Crippen LogP contribution >= 0.6 is 0 Å². The summed E-state index contributed by atoms with van der Waals surface area (Å²) in [5, 5.41) is 15.0. The minimum absolute atomic E-state index is 0.0750. The molecule has 0 saturated carbocycles. The van der Waals surface area contributed by atoms with Crippen molar-refractivity contribution in [3.8, 4) is 11.5 Å². The lowest BCUT2D eigenvalue weighted by Gasteiger charge is -2.21. The van der Waals surface area contributed by atoms with Gasteiger partial charge in [-0.1, -0.05) is 6.92 Å². The Kier molecular flexibility index (Phi) is 7.91. The highest BCUT2D eigenvalue weighted by atomic mass is 16.5. The second-order valence-corrected chi connectivity index (χ2v) is 6.94. The van der Waals surface area contributed by atoms with Crippen molar-refractivity contribution < 1.29 is 13.9 Å². The Bertz CT molecular complexity index is 968. The van der Waals surface area contributed by atoms with Crippen LogP contribution < -0.4 is 20.1 Å². The van der Waals surface area contributed by atoms with Crippen LogP contribution in [0.1, 0.15) is 37.0 Å². The Morgan fingerprint density at radius 3 is 2.84 bits per heavy atom. The summed E-state index contributed by atoms with van der Waals surface area (Å²) in [4.78, 5) is 4.68. The highest BCUT2D eigenvalue weighted by molar-refractivity contribution is 5.80. The van der Waals surface area contributed by atoms with Gasteiger partial charge >= 0.3 is 0 Å². The molecule has 166 valence electrons. The van der Waals surface area contributed by atoms with Gasteiger partial charge in [-0.05, 0) is 37.3 Å². The van der Waals surface area contributed by atoms with E-state index >= 15 is 0 Å². The first kappa shape index (κ1) is 22.2. The summed E-state index contributed by atoms with van der Waals surface area (Å²) in [6, 6.07) is 9.43. The average Bonchev–Trinajstić information content (AvgIpc) is 3.48. The first-order valence-corrected chi connectivity index (χ1v) is 10.3. The molecule has 9 nitrogen and oxygen atoms in total. The topological polar surface area (TPSA) is 98.7 Å². The summed E-state index contributed by atoms with van der Waals surface area (Å²) in [6.07, 6.45) is 4.23. The molecule has 2 aromatic heterocycles. The minimum Gasteiger partial charge on any atom is -0.497 e. The highest BCUT2D eigenvalue weighted by Gasteiger charge is 2.15. The SMILES string of the molecule is CCc1nncn1CCNC(=NCc1ccco1)NC(C)c1cc(OC)ccc1OC. The lowest BCUT2D eigenvalue weighted by molar-refractivity contribution is 0.394. The molecule has 2 heterocycles. The monoisotopic (exact) mass is 426 g/mol. The van der Waals surface area contributed by atoms with Crippen LogP contribution in [0.15, 0.2) is 52.3 Å². The molecule has 0 saturated heterocycles. The van der Waals surface area contributed by atoms with Crippen LogP contribution in [-0.4, -0.2) is 41.5 Å². The van der Waals surface area contributed by atoms with Crippen molar-refractivity contribution in [2.75, 3.05) is 20.8 Å². The normalized spacial score (nSPS) is 12.5. The Hall–Kier alpha value is -3.49. The molecule has 1 unspecified atom stereocenters. The Morgan fingerprint density at radius 2 is 2.13 bits per heavy atom. The molecule has 2 N–H and O–H groups in total. The Balaban J connectivity index is 1.72. The molecule has 0 spiro atoms. The molecular weight excluding hydrogens is 396 g/mol. The van der Waals surface area contributed by atoms with E-state index in [0.717, 1.165) is 41.6 Å². The number of nitrogens with zero attached hydrogens (tertiary/aromatic N) is 4. The van der Waals surface area contributed by atoms with Gasteiger partial charge in [0.1, 0.15) is 36.0 Å². The fourth-order valence-corrected chi connectivity index (χ4v) is 3.21. The predicted octanol–water partition coefficient (Wildman–Crippen LogP) is 2.95. The van der Waals surface area contributed by atoms with E-state index in [-0.39, 0.29) is 6.04 Å². The Labute approximate surface area is 182 Å². The number of methoxy groups -OCH3 is 2. The summed E-state index contributed by atoms with van der Waals surface area (Å²) in [7, 11) is 3.31. The maximum atomic E-state index is 5.53. The van der Waals surface area contributed by atoms with E-state index in [4.69, 9.17) is 13.9 Å². The molecule has 1 atom stereocenters. The molecule has 0 fully saturated rings. The smallest absolute Gasteiger partial charge is 0.192 e. The van der Waals surface area contributed by atoms with Gasteiger partial charge in [0.25, 0.3) is 0 Å². The lowest BCUT2D eigenvalue weighted by Crippen LogP contribution is -2.40. The molecule has 31 heavy (non-hydrogen) atoms. The van der Waals surface area contributed by atoms with E-state index in [1.807, 2.05) is 34.9 Å². The summed E-state index contributed by atoms with van der Waals surface area (Å²) in [5.41, 5.74) is 0.974. The van der Waals surface area contributed by atoms with E-state index < -0.39 is 0 Å². The fraction of sp³-hybridized carbons (Fsp3) is 0.409. The molecule has 0 aliphatic carbocycles. The zero-order valence-electron chi connectivity index (χ0n) is 18.5. The maximum Gasteiger partial charge on any atom is 0.192 e. The van der Waals surface area contributed by atoms with Crippen molar-refractivity contribution >= 4 is 5.96 Å². The van der Waals surface area contributed by atoms with E-state index in [1.165, 1.54) is 0 Å². The molecule has 0 aliphatic heterocycles. The molecule has 1 aromatic carbocycles. The van der Waals surface area contributed by atoms with Gasteiger partial charge in [-0.25, -0.2) is 4.99 Å². The minimum atomic E-state index is -0.0750. The predicted molar refractivity (Wildman–Crippen MR) is 118 cm³/mol. The van der Waals surface area contributed by atoms with Crippen LogP contribution in [-0.2, 0) is 19.5 Å². The van der Waals surface area contributed by atoms with E-state index in [9.17, 15) is 0 Å². The first-order chi connectivity index (χ1) is 15.1. The average molecular weight is 427 g/mol. The number of rotatable bonds is 10. The van der Waals surface area contributed by atoms with E-state index in [1.54, 1.807) is 26.8 Å². The number of aliphatic imine (C=N–C) groups is 1. The van der Waals surface area contributed by atoms with Crippen molar-refractivity contribution in [2.24, 2.45) is 4.99 Å². The third-order valence-electron chi connectivity index (χ3n) is 4.89. The van der Waals surface area contributed by atoms with Crippen LogP contribution in [0.2, 0.25) is 0 Å². The third-order valence-corrected chi connectivity index (χ3v) is 4.89.